The van der Waals surface area contributed by atoms with E-state index in [9.17, 15) is 9.90 Å². The van der Waals surface area contributed by atoms with Gasteiger partial charge in [0.2, 0.25) is 5.91 Å². The minimum absolute atomic E-state index is 0.0258. The van der Waals surface area contributed by atoms with Crippen LogP contribution in [0.1, 0.15) is 24.4 Å². The first-order chi connectivity index (χ1) is 7.15. The zero-order valence-electron chi connectivity index (χ0n) is 8.31. The van der Waals surface area contributed by atoms with E-state index in [4.69, 9.17) is 5.73 Å². The molecule has 1 aliphatic heterocycles. The Hall–Kier alpha value is -1.55. The molecule has 0 radical (unpaired) electrons. The highest BCUT2D eigenvalue weighted by atomic mass is 16.3. The Labute approximate surface area is 88.1 Å². The zero-order chi connectivity index (χ0) is 10.8. The van der Waals surface area contributed by atoms with Crippen LogP contribution in [0.25, 0.3) is 0 Å². The quantitative estimate of drug-likeness (QED) is 0.632. The van der Waals surface area contributed by atoms with E-state index in [1.54, 1.807) is 18.2 Å². The molecule has 80 valence electrons. The third kappa shape index (κ3) is 2.27. The summed E-state index contributed by atoms with van der Waals surface area (Å²) in [6.07, 6.45) is 1.10. The average molecular weight is 206 g/mol. The van der Waals surface area contributed by atoms with E-state index in [0.29, 0.717) is 6.42 Å². The smallest absolute Gasteiger partial charge is 0.222 e. The number of piperidine rings is 1. The van der Waals surface area contributed by atoms with Crippen LogP contribution in [-0.4, -0.2) is 17.1 Å². The fourth-order valence-corrected chi connectivity index (χ4v) is 1.90. The third-order valence-corrected chi connectivity index (χ3v) is 2.59. The largest absolute Gasteiger partial charge is 0.508 e. The van der Waals surface area contributed by atoms with Gasteiger partial charge in [-0.1, -0.05) is 12.1 Å². The molecular formula is C11H14N2O2. The summed E-state index contributed by atoms with van der Waals surface area (Å²) in [7, 11) is 0. The lowest BCUT2D eigenvalue weighted by molar-refractivity contribution is -0.123. The van der Waals surface area contributed by atoms with Gasteiger partial charge in [-0.15, -0.1) is 0 Å². The predicted octanol–water partition coefficient (Wildman–Crippen LogP) is 0.671. The van der Waals surface area contributed by atoms with Crippen molar-refractivity contribution in [1.82, 2.24) is 5.32 Å². The SMILES string of the molecule is NC1CC(=O)NC(c2cccc(O)c2)C1. The van der Waals surface area contributed by atoms with Gasteiger partial charge < -0.3 is 16.2 Å². The summed E-state index contributed by atoms with van der Waals surface area (Å²) in [4.78, 5) is 11.3. The molecule has 15 heavy (non-hydrogen) atoms. The number of phenols is 1. The molecule has 4 N–H and O–H groups in total. The molecule has 1 fully saturated rings. The van der Waals surface area contributed by atoms with E-state index >= 15 is 0 Å². The first kappa shape index (κ1) is 9.98. The Morgan fingerprint density at radius 1 is 1.47 bits per heavy atom. The summed E-state index contributed by atoms with van der Waals surface area (Å²) < 4.78 is 0. The number of aromatic hydroxyl groups is 1. The number of phenolic OH excluding ortho intramolecular Hbond substituents is 1. The van der Waals surface area contributed by atoms with Crippen molar-refractivity contribution >= 4 is 5.91 Å². The highest BCUT2D eigenvalue weighted by Crippen LogP contribution is 2.25. The predicted molar refractivity (Wildman–Crippen MR) is 56.2 cm³/mol. The van der Waals surface area contributed by atoms with Gasteiger partial charge in [0.15, 0.2) is 0 Å². The van der Waals surface area contributed by atoms with Gasteiger partial charge in [0.25, 0.3) is 0 Å². The van der Waals surface area contributed by atoms with Crippen LogP contribution in [0.5, 0.6) is 5.75 Å². The number of rotatable bonds is 1. The van der Waals surface area contributed by atoms with Gasteiger partial charge >= 0.3 is 0 Å². The zero-order valence-corrected chi connectivity index (χ0v) is 8.31. The lowest BCUT2D eigenvalue weighted by atomic mass is 9.94. The molecule has 0 saturated carbocycles. The topological polar surface area (TPSA) is 75.4 Å². The lowest BCUT2D eigenvalue weighted by Gasteiger charge is -2.27. The second-order valence-corrected chi connectivity index (χ2v) is 3.91. The molecule has 1 aliphatic rings. The van der Waals surface area contributed by atoms with Crippen molar-refractivity contribution < 1.29 is 9.90 Å². The Morgan fingerprint density at radius 3 is 2.93 bits per heavy atom. The van der Waals surface area contributed by atoms with Crippen LogP contribution in [0, 0.1) is 0 Å². The maximum Gasteiger partial charge on any atom is 0.222 e. The molecule has 0 spiro atoms. The fourth-order valence-electron chi connectivity index (χ4n) is 1.90. The molecule has 0 aromatic heterocycles. The van der Waals surface area contributed by atoms with Crippen LogP contribution < -0.4 is 11.1 Å². The summed E-state index contributed by atoms with van der Waals surface area (Å²) in [5.74, 6) is 0.183. The van der Waals surface area contributed by atoms with Gasteiger partial charge in [-0.05, 0) is 24.1 Å². The second kappa shape index (κ2) is 3.90. The standard InChI is InChI=1S/C11H14N2O2/c12-8-5-10(13-11(15)6-8)7-2-1-3-9(14)4-7/h1-4,8,10,14H,5-6,12H2,(H,13,15). The van der Waals surface area contributed by atoms with Gasteiger partial charge in [-0.25, -0.2) is 0 Å². The monoisotopic (exact) mass is 206 g/mol. The molecule has 2 atom stereocenters. The van der Waals surface area contributed by atoms with Gasteiger partial charge in [0.1, 0.15) is 5.75 Å². The number of benzene rings is 1. The van der Waals surface area contributed by atoms with Crippen molar-refractivity contribution in [1.29, 1.82) is 0 Å². The van der Waals surface area contributed by atoms with Gasteiger partial charge in [-0.3, -0.25) is 4.79 Å². The normalized spacial score (nSPS) is 26.1. The highest BCUT2D eigenvalue weighted by Gasteiger charge is 2.25. The molecule has 2 unspecified atom stereocenters. The molecule has 4 nitrogen and oxygen atoms in total. The van der Waals surface area contributed by atoms with Crippen LogP contribution in [-0.2, 0) is 4.79 Å². The molecule has 4 heteroatoms. The number of carbonyl (C=O) groups is 1. The van der Waals surface area contributed by atoms with Crippen molar-refractivity contribution in [3.63, 3.8) is 0 Å². The molecule has 1 aromatic rings. The molecular weight excluding hydrogens is 192 g/mol. The van der Waals surface area contributed by atoms with E-state index in [1.807, 2.05) is 6.07 Å². The van der Waals surface area contributed by atoms with Gasteiger partial charge in [-0.2, -0.15) is 0 Å². The molecule has 1 saturated heterocycles. The van der Waals surface area contributed by atoms with Crippen LogP contribution in [0.4, 0.5) is 0 Å². The Bertz CT molecular complexity index is 379. The van der Waals surface area contributed by atoms with Crippen LogP contribution in [0.2, 0.25) is 0 Å². The first-order valence-corrected chi connectivity index (χ1v) is 4.99. The fraction of sp³-hybridized carbons (Fsp3) is 0.364. The number of carbonyl (C=O) groups excluding carboxylic acids is 1. The van der Waals surface area contributed by atoms with E-state index in [-0.39, 0.29) is 23.7 Å². The second-order valence-electron chi connectivity index (χ2n) is 3.91. The molecule has 1 amide bonds. The number of nitrogens with two attached hydrogens (primary N) is 1. The van der Waals surface area contributed by atoms with E-state index in [0.717, 1.165) is 12.0 Å². The first-order valence-electron chi connectivity index (χ1n) is 4.99. The van der Waals surface area contributed by atoms with Crippen molar-refractivity contribution in [2.24, 2.45) is 5.73 Å². The molecule has 0 aliphatic carbocycles. The Kier molecular flexibility index (Phi) is 2.60. The summed E-state index contributed by atoms with van der Waals surface area (Å²) in [6, 6.07) is 6.73. The summed E-state index contributed by atoms with van der Waals surface area (Å²) in [5.41, 5.74) is 6.67. The molecule has 2 rings (SSSR count). The van der Waals surface area contributed by atoms with E-state index in [1.165, 1.54) is 0 Å². The number of amides is 1. The number of hydrogen-bond donors (Lipinski definition) is 3. The van der Waals surface area contributed by atoms with E-state index in [2.05, 4.69) is 5.32 Å². The Morgan fingerprint density at radius 2 is 2.27 bits per heavy atom. The summed E-state index contributed by atoms with van der Waals surface area (Å²) in [5, 5.41) is 12.2. The van der Waals surface area contributed by atoms with Crippen molar-refractivity contribution in [2.45, 2.75) is 24.9 Å². The lowest BCUT2D eigenvalue weighted by Crippen LogP contribution is -2.42. The van der Waals surface area contributed by atoms with Gasteiger partial charge in [0.05, 0.1) is 6.04 Å². The molecule has 1 aromatic carbocycles. The van der Waals surface area contributed by atoms with Crippen molar-refractivity contribution in [3.8, 4) is 5.75 Å². The van der Waals surface area contributed by atoms with E-state index < -0.39 is 0 Å². The number of nitrogens with one attached hydrogen (secondary N) is 1. The maximum absolute atomic E-state index is 11.3. The maximum atomic E-state index is 11.3. The van der Waals surface area contributed by atoms with Crippen molar-refractivity contribution in [3.05, 3.63) is 29.8 Å². The molecule has 0 bridgehead atoms. The third-order valence-electron chi connectivity index (χ3n) is 2.59. The van der Waals surface area contributed by atoms with Crippen LogP contribution >= 0.6 is 0 Å². The Balaban J connectivity index is 2.19. The minimum Gasteiger partial charge on any atom is -0.508 e. The van der Waals surface area contributed by atoms with Gasteiger partial charge in [0, 0.05) is 12.5 Å². The molecule has 1 heterocycles. The van der Waals surface area contributed by atoms with Crippen molar-refractivity contribution in [2.75, 3.05) is 0 Å². The summed E-state index contributed by atoms with van der Waals surface area (Å²) >= 11 is 0. The average Bonchev–Trinajstić information content (AvgIpc) is 2.16. The minimum atomic E-state index is -0.0916. The summed E-state index contributed by atoms with van der Waals surface area (Å²) in [6.45, 7) is 0. The number of hydrogen-bond acceptors (Lipinski definition) is 3. The van der Waals surface area contributed by atoms with Crippen LogP contribution in [0.15, 0.2) is 24.3 Å². The van der Waals surface area contributed by atoms with Crippen LogP contribution in [0.3, 0.4) is 0 Å². The highest BCUT2D eigenvalue weighted by molar-refractivity contribution is 5.78.